The van der Waals surface area contributed by atoms with Gasteiger partial charge >= 0.3 is 0 Å². The molecule has 2 N–H and O–H groups in total. The third kappa shape index (κ3) is 5.93. The lowest BCUT2D eigenvalue weighted by molar-refractivity contribution is -0.123. The molecule has 0 aromatic heterocycles. The van der Waals surface area contributed by atoms with Gasteiger partial charge in [0.1, 0.15) is 5.75 Å². The Morgan fingerprint density at radius 3 is 1.97 bits per heavy atom. The standard InChI is InChI=1S/C23H19N3O5S/c1-32(29,30)21-12-8-19(9-13-21)23(28)26-25-22(27)15-31-20-10-6-18(7-11-20)17-4-2-16(14-24)3-5-17/h2-13H,15H2,1H3,(H,25,27)(H,26,28). The van der Waals surface area contributed by atoms with Gasteiger partial charge in [0.2, 0.25) is 0 Å². The van der Waals surface area contributed by atoms with Crippen LogP contribution < -0.4 is 15.6 Å². The van der Waals surface area contributed by atoms with E-state index in [1.807, 2.05) is 24.3 Å². The molecular formula is C23H19N3O5S. The molecule has 0 saturated carbocycles. The number of benzene rings is 3. The van der Waals surface area contributed by atoms with Gasteiger partial charge in [-0.25, -0.2) is 8.42 Å². The third-order valence-electron chi connectivity index (χ3n) is 4.43. The smallest absolute Gasteiger partial charge is 0.276 e. The number of sulfone groups is 1. The van der Waals surface area contributed by atoms with Crippen molar-refractivity contribution < 1.29 is 22.7 Å². The molecule has 0 aliphatic heterocycles. The molecule has 0 heterocycles. The second-order valence-corrected chi connectivity index (χ2v) is 8.82. The van der Waals surface area contributed by atoms with Gasteiger partial charge in [-0.3, -0.25) is 20.4 Å². The molecule has 3 aromatic rings. The number of ether oxygens (including phenoxy) is 1. The zero-order chi connectivity index (χ0) is 23.1. The zero-order valence-corrected chi connectivity index (χ0v) is 17.8. The van der Waals surface area contributed by atoms with Crippen molar-refractivity contribution in [3.05, 3.63) is 83.9 Å². The van der Waals surface area contributed by atoms with Gasteiger partial charge in [-0.1, -0.05) is 24.3 Å². The lowest BCUT2D eigenvalue weighted by Crippen LogP contribution is -2.43. The molecule has 0 bridgehead atoms. The normalized spacial score (nSPS) is 10.6. The number of nitrogens with one attached hydrogen (secondary N) is 2. The summed E-state index contributed by atoms with van der Waals surface area (Å²) in [5, 5.41) is 8.86. The van der Waals surface area contributed by atoms with E-state index in [2.05, 4.69) is 16.9 Å². The minimum Gasteiger partial charge on any atom is -0.484 e. The first kappa shape index (κ1) is 22.5. The van der Waals surface area contributed by atoms with Crippen molar-refractivity contribution in [1.82, 2.24) is 10.9 Å². The topological polar surface area (TPSA) is 125 Å². The second-order valence-electron chi connectivity index (χ2n) is 6.80. The minimum absolute atomic E-state index is 0.0942. The molecule has 0 saturated heterocycles. The Labute approximate surface area is 185 Å². The largest absolute Gasteiger partial charge is 0.484 e. The van der Waals surface area contributed by atoms with Crippen LogP contribution in [-0.2, 0) is 14.6 Å². The molecule has 2 amide bonds. The summed E-state index contributed by atoms with van der Waals surface area (Å²) in [4.78, 5) is 24.1. The molecule has 9 heteroatoms. The van der Waals surface area contributed by atoms with E-state index in [1.165, 1.54) is 24.3 Å². The summed E-state index contributed by atoms with van der Waals surface area (Å²) in [7, 11) is -3.36. The summed E-state index contributed by atoms with van der Waals surface area (Å²) in [6.45, 7) is -0.316. The summed E-state index contributed by atoms with van der Waals surface area (Å²) in [5.41, 5.74) is 7.13. The fraction of sp³-hybridized carbons (Fsp3) is 0.0870. The number of carbonyl (C=O) groups is 2. The van der Waals surface area contributed by atoms with Crippen molar-refractivity contribution >= 4 is 21.7 Å². The van der Waals surface area contributed by atoms with Crippen LogP contribution in [0.2, 0.25) is 0 Å². The first-order valence-electron chi connectivity index (χ1n) is 9.39. The highest BCUT2D eigenvalue weighted by molar-refractivity contribution is 7.90. The maximum atomic E-state index is 12.1. The molecule has 0 fully saturated rings. The van der Waals surface area contributed by atoms with Gasteiger partial charge in [0.25, 0.3) is 11.8 Å². The van der Waals surface area contributed by atoms with Gasteiger partial charge < -0.3 is 4.74 Å². The van der Waals surface area contributed by atoms with Crippen molar-refractivity contribution in [3.63, 3.8) is 0 Å². The Balaban J connectivity index is 1.48. The predicted octanol–water partition coefficient (Wildman–Crippen LogP) is 2.47. The Morgan fingerprint density at radius 1 is 0.875 bits per heavy atom. The van der Waals surface area contributed by atoms with E-state index in [4.69, 9.17) is 10.00 Å². The average molecular weight is 449 g/mol. The van der Waals surface area contributed by atoms with E-state index in [1.54, 1.807) is 24.3 Å². The molecule has 3 rings (SSSR count). The molecule has 32 heavy (non-hydrogen) atoms. The second kappa shape index (κ2) is 9.76. The minimum atomic E-state index is -3.36. The average Bonchev–Trinajstić information content (AvgIpc) is 2.81. The van der Waals surface area contributed by atoms with Crippen molar-refractivity contribution in [3.8, 4) is 22.9 Å². The van der Waals surface area contributed by atoms with Gasteiger partial charge in [0.05, 0.1) is 16.5 Å². The van der Waals surface area contributed by atoms with Gasteiger partial charge in [-0.05, 0) is 59.7 Å². The molecule has 3 aromatic carbocycles. The van der Waals surface area contributed by atoms with Crippen LogP contribution >= 0.6 is 0 Å². The van der Waals surface area contributed by atoms with E-state index in [0.29, 0.717) is 11.3 Å². The predicted molar refractivity (Wildman–Crippen MR) is 117 cm³/mol. The number of amides is 2. The number of rotatable bonds is 6. The van der Waals surface area contributed by atoms with E-state index in [-0.39, 0.29) is 17.1 Å². The van der Waals surface area contributed by atoms with Crippen LogP contribution in [0.5, 0.6) is 5.75 Å². The summed E-state index contributed by atoms with van der Waals surface area (Å²) in [5.74, 6) is -0.687. The number of nitriles is 1. The van der Waals surface area contributed by atoms with Crippen LogP contribution in [0.15, 0.2) is 77.7 Å². The molecule has 0 aliphatic carbocycles. The van der Waals surface area contributed by atoms with E-state index in [0.717, 1.165) is 17.4 Å². The fourth-order valence-corrected chi connectivity index (χ4v) is 3.35. The first-order chi connectivity index (χ1) is 15.3. The highest BCUT2D eigenvalue weighted by Crippen LogP contribution is 2.22. The van der Waals surface area contributed by atoms with Crippen LogP contribution in [-0.4, -0.2) is 33.1 Å². The van der Waals surface area contributed by atoms with Crippen molar-refractivity contribution in [2.24, 2.45) is 0 Å². The highest BCUT2D eigenvalue weighted by Gasteiger charge is 2.11. The van der Waals surface area contributed by atoms with E-state index >= 15 is 0 Å². The van der Waals surface area contributed by atoms with Crippen LogP contribution in [0.4, 0.5) is 0 Å². The Kier molecular flexibility index (Phi) is 6.87. The SMILES string of the molecule is CS(=O)(=O)c1ccc(C(=O)NNC(=O)COc2ccc(-c3ccc(C#N)cc3)cc2)cc1. The summed E-state index contributed by atoms with van der Waals surface area (Å²) >= 11 is 0. The van der Waals surface area contributed by atoms with Gasteiger partial charge in [-0.15, -0.1) is 0 Å². The molecule has 0 aliphatic rings. The summed E-state index contributed by atoms with van der Waals surface area (Å²) in [6.07, 6.45) is 1.07. The molecule has 0 radical (unpaired) electrons. The fourth-order valence-electron chi connectivity index (χ4n) is 2.72. The number of nitrogens with zero attached hydrogens (tertiary/aromatic N) is 1. The lowest BCUT2D eigenvalue weighted by Gasteiger charge is -2.10. The van der Waals surface area contributed by atoms with Gasteiger partial charge in [0, 0.05) is 11.8 Å². The van der Waals surface area contributed by atoms with Gasteiger partial charge in [0.15, 0.2) is 16.4 Å². The number of hydrogen-bond acceptors (Lipinski definition) is 6. The van der Waals surface area contributed by atoms with E-state index < -0.39 is 21.7 Å². The highest BCUT2D eigenvalue weighted by atomic mass is 32.2. The zero-order valence-electron chi connectivity index (χ0n) is 17.0. The Bertz CT molecular complexity index is 1260. The Morgan fingerprint density at radius 2 is 1.44 bits per heavy atom. The van der Waals surface area contributed by atoms with Crippen LogP contribution in [0, 0.1) is 11.3 Å². The monoisotopic (exact) mass is 449 g/mol. The number of hydrogen-bond donors (Lipinski definition) is 2. The molecule has 0 spiro atoms. The van der Waals surface area contributed by atoms with Gasteiger partial charge in [-0.2, -0.15) is 5.26 Å². The number of hydrazine groups is 1. The maximum absolute atomic E-state index is 12.1. The lowest BCUT2D eigenvalue weighted by atomic mass is 10.0. The third-order valence-corrected chi connectivity index (χ3v) is 5.56. The molecule has 0 unspecified atom stereocenters. The molecule has 162 valence electrons. The quantitative estimate of drug-likeness (QED) is 0.557. The summed E-state index contributed by atoms with van der Waals surface area (Å²) in [6, 6.07) is 21.6. The van der Waals surface area contributed by atoms with Crippen molar-refractivity contribution in [1.29, 1.82) is 5.26 Å². The first-order valence-corrected chi connectivity index (χ1v) is 11.3. The molecule has 8 nitrogen and oxygen atoms in total. The van der Waals surface area contributed by atoms with Crippen molar-refractivity contribution in [2.75, 3.05) is 12.9 Å². The van der Waals surface area contributed by atoms with Crippen LogP contribution in [0.1, 0.15) is 15.9 Å². The van der Waals surface area contributed by atoms with Crippen LogP contribution in [0.25, 0.3) is 11.1 Å². The Hall–Kier alpha value is -4.16. The van der Waals surface area contributed by atoms with E-state index in [9.17, 15) is 18.0 Å². The van der Waals surface area contributed by atoms with Crippen LogP contribution in [0.3, 0.4) is 0 Å². The maximum Gasteiger partial charge on any atom is 0.276 e. The molecule has 0 atom stereocenters. The molecular weight excluding hydrogens is 430 g/mol. The summed E-state index contributed by atoms with van der Waals surface area (Å²) < 4.78 is 28.3. The van der Waals surface area contributed by atoms with Crippen molar-refractivity contribution in [2.45, 2.75) is 4.90 Å². The number of carbonyl (C=O) groups excluding carboxylic acids is 2.